The minimum atomic E-state index is -1.31. The average molecular weight is 257 g/mol. The molecular formula is C14H19N3Si. The zero-order valence-corrected chi connectivity index (χ0v) is 12.2. The highest BCUT2D eigenvalue weighted by Crippen LogP contribution is 2.19. The van der Waals surface area contributed by atoms with E-state index >= 15 is 0 Å². The van der Waals surface area contributed by atoms with Crippen molar-refractivity contribution < 1.29 is 0 Å². The summed E-state index contributed by atoms with van der Waals surface area (Å²) in [5.74, 6) is 9.84. The normalized spacial score (nSPS) is 18.7. The molecular weight excluding hydrogens is 238 g/mol. The summed E-state index contributed by atoms with van der Waals surface area (Å²) in [6, 6.07) is 0.369. The fraction of sp³-hybridized carbons (Fsp3) is 0.500. The topological polar surface area (TPSA) is 40.7 Å². The molecule has 0 spiro atoms. The van der Waals surface area contributed by atoms with Gasteiger partial charge in [0, 0.05) is 0 Å². The van der Waals surface area contributed by atoms with E-state index in [9.17, 15) is 0 Å². The van der Waals surface area contributed by atoms with Crippen LogP contribution < -0.4 is 5.32 Å². The van der Waals surface area contributed by atoms with Crippen LogP contribution in [0.5, 0.6) is 0 Å². The first kappa shape index (κ1) is 13.0. The third-order valence-corrected chi connectivity index (χ3v) is 3.56. The van der Waals surface area contributed by atoms with Crippen molar-refractivity contribution in [3.63, 3.8) is 0 Å². The van der Waals surface area contributed by atoms with Crippen molar-refractivity contribution in [2.45, 2.75) is 38.5 Å². The van der Waals surface area contributed by atoms with Crippen molar-refractivity contribution in [2.75, 3.05) is 6.54 Å². The zero-order chi connectivity index (χ0) is 13.0. The number of aromatic nitrogens is 2. The van der Waals surface area contributed by atoms with E-state index in [1.165, 1.54) is 6.42 Å². The molecule has 1 saturated heterocycles. The second kappa shape index (κ2) is 5.43. The van der Waals surface area contributed by atoms with Crippen molar-refractivity contribution >= 4 is 8.07 Å². The van der Waals surface area contributed by atoms with E-state index in [1.807, 2.05) is 0 Å². The second-order valence-electron chi connectivity index (χ2n) is 5.58. The molecule has 0 aromatic carbocycles. The summed E-state index contributed by atoms with van der Waals surface area (Å²) in [4.78, 5) is 7.61. The molecule has 1 aliphatic heterocycles. The standard InChI is InChI=1S/C14H19N3Si/c1-18(2,3)10-5-4-7-12-11-16-14(17-12)13-8-6-9-15-13/h11,13,15H,6,8-9H2,1-3H3,(H,16,17)/t13-/m0/s1. The summed E-state index contributed by atoms with van der Waals surface area (Å²) in [5, 5.41) is 3.41. The van der Waals surface area contributed by atoms with Crippen LogP contribution >= 0.6 is 0 Å². The fourth-order valence-corrected chi connectivity index (χ4v) is 2.25. The first-order valence-corrected chi connectivity index (χ1v) is 9.86. The lowest BCUT2D eigenvalue weighted by atomic mass is 10.2. The molecule has 3 nitrogen and oxygen atoms in total. The Morgan fingerprint density at radius 3 is 2.83 bits per heavy atom. The molecule has 1 atom stereocenters. The average Bonchev–Trinajstić information content (AvgIpc) is 2.93. The van der Waals surface area contributed by atoms with Crippen LogP contribution in [0.3, 0.4) is 0 Å². The first-order chi connectivity index (χ1) is 8.54. The molecule has 0 amide bonds. The molecule has 1 fully saturated rings. The van der Waals surface area contributed by atoms with Gasteiger partial charge in [0.1, 0.15) is 19.6 Å². The van der Waals surface area contributed by atoms with Crippen molar-refractivity contribution in [1.82, 2.24) is 15.3 Å². The van der Waals surface area contributed by atoms with Crippen LogP contribution in [0.4, 0.5) is 0 Å². The molecule has 4 heteroatoms. The zero-order valence-electron chi connectivity index (χ0n) is 11.2. The van der Waals surface area contributed by atoms with Gasteiger partial charge in [0.2, 0.25) is 0 Å². The van der Waals surface area contributed by atoms with E-state index in [0.717, 1.165) is 24.5 Å². The van der Waals surface area contributed by atoms with Gasteiger partial charge < -0.3 is 10.3 Å². The second-order valence-corrected chi connectivity index (χ2v) is 10.3. The van der Waals surface area contributed by atoms with Crippen LogP contribution in [0.1, 0.15) is 30.4 Å². The predicted molar refractivity (Wildman–Crippen MR) is 76.6 cm³/mol. The highest BCUT2D eigenvalue weighted by Gasteiger charge is 2.18. The lowest BCUT2D eigenvalue weighted by Gasteiger charge is -2.04. The predicted octanol–water partition coefficient (Wildman–Crippen LogP) is 2.07. The van der Waals surface area contributed by atoms with E-state index in [4.69, 9.17) is 0 Å². The number of nitrogens with one attached hydrogen (secondary N) is 2. The summed E-state index contributed by atoms with van der Waals surface area (Å²) in [7, 11) is -1.31. The quantitative estimate of drug-likeness (QED) is 0.597. The molecule has 1 aliphatic rings. The molecule has 94 valence electrons. The number of hydrogen-bond donors (Lipinski definition) is 2. The van der Waals surface area contributed by atoms with E-state index in [2.05, 4.69) is 58.2 Å². The minimum Gasteiger partial charge on any atom is -0.334 e. The molecule has 2 N–H and O–H groups in total. The van der Waals surface area contributed by atoms with Gasteiger partial charge in [0.05, 0.1) is 12.2 Å². The SMILES string of the molecule is C[Si](C)(C)C#CC#Cc1cnc([C@@H]2CCCN2)[nH]1. The molecule has 2 rings (SSSR count). The van der Waals surface area contributed by atoms with Crippen molar-refractivity contribution in [3.8, 4) is 23.3 Å². The Bertz CT molecular complexity index is 525. The molecule has 1 aromatic heterocycles. The summed E-state index contributed by atoms with van der Waals surface area (Å²) < 4.78 is 0. The van der Waals surface area contributed by atoms with Crippen LogP contribution in [0.25, 0.3) is 0 Å². The van der Waals surface area contributed by atoms with Gasteiger partial charge in [0.25, 0.3) is 0 Å². The van der Waals surface area contributed by atoms with Crippen LogP contribution in [0.2, 0.25) is 19.6 Å². The maximum Gasteiger partial charge on any atom is 0.130 e. The Labute approximate surface area is 110 Å². The third-order valence-electron chi connectivity index (χ3n) is 2.68. The lowest BCUT2D eigenvalue weighted by molar-refractivity contribution is 0.612. The van der Waals surface area contributed by atoms with Crippen molar-refractivity contribution in [3.05, 3.63) is 17.7 Å². The maximum absolute atomic E-state index is 4.37. The third kappa shape index (κ3) is 3.77. The summed E-state index contributed by atoms with van der Waals surface area (Å²) in [6.07, 6.45) is 4.16. The molecule has 0 radical (unpaired) electrons. The van der Waals surface area contributed by atoms with E-state index in [0.29, 0.717) is 6.04 Å². The van der Waals surface area contributed by atoms with Gasteiger partial charge in [-0.05, 0) is 37.1 Å². The summed E-state index contributed by atoms with van der Waals surface area (Å²) in [5.41, 5.74) is 4.07. The Balaban J connectivity index is 2.02. The summed E-state index contributed by atoms with van der Waals surface area (Å²) >= 11 is 0. The molecule has 0 bridgehead atoms. The molecule has 1 aromatic rings. The lowest BCUT2D eigenvalue weighted by Crippen LogP contribution is -2.16. The van der Waals surface area contributed by atoms with Gasteiger partial charge in [-0.25, -0.2) is 4.98 Å². The monoisotopic (exact) mass is 257 g/mol. The maximum atomic E-state index is 4.37. The van der Waals surface area contributed by atoms with Gasteiger partial charge >= 0.3 is 0 Å². The van der Waals surface area contributed by atoms with Gasteiger partial charge in [-0.15, -0.1) is 5.54 Å². The molecule has 0 aliphatic carbocycles. The minimum absolute atomic E-state index is 0.369. The van der Waals surface area contributed by atoms with Crippen LogP contribution in [-0.2, 0) is 0 Å². The number of hydrogen-bond acceptors (Lipinski definition) is 2. The summed E-state index contributed by atoms with van der Waals surface area (Å²) in [6.45, 7) is 7.71. The van der Waals surface area contributed by atoms with E-state index < -0.39 is 8.07 Å². The highest BCUT2D eigenvalue weighted by molar-refractivity contribution is 6.83. The molecule has 0 unspecified atom stereocenters. The van der Waals surface area contributed by atoms with Gasteiger partial charge in [-0.2, -0.15) is 0 Å². The Kier molecular flexibility index (Phi) is 3.91. The van der Waals surface area contributed by atoms with E-state index in [-0.39, 0.29) is 0 Å². The Hall–Kier alpha value is -1.49. The Morgan fingerprint density at radius 1 is 1.33 bits per heavy atom. The van der Waals surface area contributed by atoms with Gasteiger partial charge in [0.15, 0.2) is 0 Å². The first-order valence-electron chi connectivity index (χ1n) is 6.36. The van der Waals surface area contributed by atoms with E-state index in [1.54, 1.807) is 6.20 Å². The van der Waals surface area contributed by atoms with Gasteiger partial charge in [-0.1, -0.05) is 19.6 Å². The molecule has 0 saturated carbocycles. The Morgan fingerprint density at radius 2 is 2.17 bits per heavy atom. The van der Waals surface area contributed by atoms with Crippen LogP contribution in [0, 0.1) is 23.3 Å². The van der Waals surface area contributed by atoms with Crippen molar-refractivity contribution in [1.29, 1.82) is 0 Å². The largest absolute Gasteiger partial charge is 0.334 e. The molecule has 18 heavy (non-hydrogen) atoms. The van der Waals surface area contributed by atoms with Crippen molar-refractivity contribution in [2.24, 2.45) is 0 Å². The number of aromatic amines is 1. The van der Waals surface area contributed by atoms with Crippen LogP contribution in [-0.4, -0.2) is 24.6 Å². The number of imidazole rings is 1. The smallest absolute Gasteiger partial charge is 0.130 e. The number of rotatable bonds is 1. The van der Waals surface area contributed by atoms with Crippen LogP contribution in [0.15, 0.2) is 6.20 Å². The fourth-order valence-electron chi connectivity index (χ4n) is 1.81. The van der Waals surface area contributed by atoms with Gasteiger partial charge in [-0.3, -0.25) is 0 Å². The number of H-pyrrole nitrogens is 1. The number of nitrogens with zero attached hydrogens (tertiary/aromatic N) is 1. The highest BCUT2D eigenvalue weighted by atomic mass is 28.3. The molecule has 2 heterocycles.